The summed E-state index contributed by atoms with van der Waals surface area (Å²) in [5, 5.41) is 3.42. The van der Waals surface area contributed by atoms with Crippen molar-refractivity contribution in [1.82, 2.24) is 5.32 Å². The van der Waals surface area contributed by atoms with Crippen LogP contribution < -0.4 is 10.1 Å². The third kappa shape index (κ3) is 3.89. The van der Waals surface area contributed by atoms with Crippen LogP contribution in [-0.2, 0) is 0 Å². The van der Waals surface area contributed by atoms with Gasteiger partial charge in [0.25, 0.3) is 0 Å². The van der Waals surface area contributed by atoms with Crippen molar-refractivity contribution in [2.75, 3.05) is 13.1 Å². The summed E-state index contributed by atoms with van der Waals surface area (Å²) >= 11 is 0. The Hall–Kier alpha value is -0.730. The maximum absolute atomic E-state index is 5.72. The lowest BCUT2D eigenvalue weighted by molar-refractivity contribution is 0.242. The number of rotatable bonds is 3. The molecule has 0 spiro atoms. The zero-order chi connectivity index (χ0) is 12.3. The molecule has 18 heavy (non-hydrogen) atoms. The van der Waals surface area contributed by atoms with E-state index in [2.05, 4.69) is 44.3 Å². The Morgan fingerprint density at radius 1 is 1.22 bits per heavy atom. The van der Waals surface area contributed by atoms with E-state index in [1.54, 1.807) is 0 Å². The van der Waals surface area contributed by atoms with Gasteiger partial charge in [-0.15, -0.1) is 12.4 Å². The second-order valence-electron chi connectivity index (χ2n) is 5.21. The standard InChI is InChI=1S/C15H23NO.ClH/c1-11(2)17-14-4-5-15(12(3)10-14)13-6-8-16-9-7-13;/h4-5,10-11,13,16H,6-9H2,1-3H3;1H. The quantitative estimate of drug-likeness (QED) is 0.904. The van der Waals surface area contributed by atoms with Gasteiger partial charge in [0.05, 0.1) is 6.10 Å². The van der Waals surface area contributed by atoms with E-state index in [9.17, 15) is 0 Å². The number of aryl methyl sites for hydroxylation is 1. The molecule has 1 heterocycles. The number of halogens is 1. The van der Waals surface area contributed by atoms with E-state index in [1.165, 1.54) is 24.0 Å². The van der Waals surface area contributed by atoms with E-state index < -0.39 is 0 Å². The molecule has 1 N–H and O–H groups in total. The molecule has 0 unspecified atom stereocenters. The van der Waals surface area contributed by atoms with E-state index in [0.717, 1.165) is 24.8 Å². The molecule has 0 atom stereocenters. The van der Waals surface area contributed by atoms with E-state index in [0.29, 0.717) is 0 Å². The van der Waals surface area contributed by atoms with Gasteiger partial charge in [-0.2, -0.15) is 0 Å². The van der Waals surface area contributed by atoms with Crippen molar-refractivity contribution in [3.05, 3.63) is 29.3 Å². The highest BCUT2D eigenvalue weighted by atomic mass is 35.5. The Bertz CT molecular complexity index is 373. The van der Waals surface area contributed by atoms with Gasteiger partial charge in [0.1, 0.15) is 5.75 Å². The van der Waals surface area contributed by atoms with E-state index >= 15 is 0 Å². The van der Waals surface area contributed by atoms with Crippen LogP contribution in [0.25, 0.3) is 0 Å². The lowest BCUT2D eigenvalue weighted by Gasteiger charge is -2.25. The van der Waals surface area contributed by atoms with Crippen molar-refractivity contribution in [3.63, 3.8) is 0 Å². The molecule has 1 aromatic carbocycles. The average Bonchev–Trinajstić information content (AvgIpc) is 2.29. The zero-order valence-corrected chi connectivity index (χ0v) is 12.3. The summed E-state index contributed by atoms with van der Waals surface area (Å²) in [6.45, 7) is 8.62. The SMILES string of the molecule is Cc1cc(OC(C)C)ccc1C1CCNCC1.Cl. The molecule has 2 nitrogen and oxygen atoms in total. The first kappa shape index (κ1) is 15.3. The molecular weight excluding hydrogens is 246 g/mol. The van der Waals surface area contributed by atoms with E-state index in [1.807, 2.05) is 0 Å². The van der Waals surface area contributed by atoms with Gasteiger partial charge < -0.3 is 10.1 Å². The molecule has 1 fully saturated rings. The molecule has 1 aliphatic heterocycles. The van der Waals surface area contributed by atoms with E-state index in [4.69, 9.17) is 4.74 Å². The van der Waals surface area contributed by atoms with Crippen LogP contribution >= 0.6 is 12.4 Å². The summed E-state index contributed by atoms with van der Waals surface area (Å²) in [7, 11) is 0. The van der Waals surface area contributed by atoms with Crippen molar-refractivity contribution in [2.45, 2.75) is 45.6 Å². The van der Waals surface area contributed by atoms with Crippen molar-refractivity contribution in [1.29, 1.82) is 0 Å². The van der Waals surface area contributed by atoms with Crippen LogP contribution in [0.3, 0.4) is 0 Å². The molecule has 1 saturated heterocycles. The molecular formula is C15H24ClNO. The minimum atomic E-state index is 0. The Labute approximate surface area is 117 Å². The van der Waals surface area contributed by atoms with Crippen molar-refractivity contribution in [2.24, 2.45) is 0 Å². The van der Waals surface area contributed by atoms with Crippen LogP contribution in [0.4, 0.5) is 0 Å². The third-order valence-corrected chi connectivity index (χ3v) is 3.39. The molecule has 0 radical (unpaired) electrons. The molecule has 0 aromatic heterocycles. The number of hydrogen-bond acceptors (Lipinski definition) is 2. The predicted molar refractivity (Wildman–Crippen MR) is 79.0 cm³/mol. The summed E-state index contributed by atoms with van der Waals surface area (Å²) < 4.78 is 5.72. The maximum atomic E-state index is 5.72. The van der Waals surface area contributed by atoms with Gasteiger partial charge in [0.2, 0.25) is 0 Å². The van der Waals surface area contributed by atoms with Crippen molar-refractivity contribution < 1.29 is 4.74 Å². The van der Waals surface area contributed by atoms with Gasteiger partial charge in [-0.05, 0) is 75.9 Å². The van der Waals surface area contributed by atoms with Crippen LogP contribution in [-0.4, -0.2) is 19.2 Å². The normalized spacial score (nSPS) is 16.4. The minimum absolute atomic E-state index is 0. The summed E-state index contributed by atoms with van der Waals surface area (Å²) in [5.41, 5.74) is 2.87. The van der Waals surface area contributed by atoms with Crippen LogP contribution in [0.5, 0.6) is 5.75 Å². The monoisotopic (exact) mass is 269 g/mol. The molecule has 0 saturated carbocycles. The van der Waals surface area contributed by atoms with Gasteiger partial charge >= 0.3 is 0 Å². The topological polar surface area (TPSA) is 21.3 Å². The lowest BCUT2D eigenvalue weighted by Crippen LogP contribution is -2.26. The molecule has 0 aliphatic carbocycles. The maximum Gasteiger partial charge on any atom is 0.119 e. The van der Waals surface area contributed by atoms with E-state index in [-0.39, 0.29) is 18.5 Å². The van der Waals surface area contributed by atoms with Crippen molar-refractivity contribution >= 4 is 12.4 Å². The largest absolute Gasteiger partial charge is 0.491 e. The third-order valence-electron chi connectivity index (χ3n) is 3.39. The van der Waals surface area contributed by atoms with Gasteiger partial charge in [0, 0.05) is 0 Å². The highest BCUT2D eigenvalue weighted by Gasteiger charge is 2.17. The summed E-state index contributed by atoms with van der Waals surface area (Å²) in [6, 6.07) is 6.55. The summed E-state index contributed by atoms with van der Waals surface area (Å²) in [5.74, 6) is 1.72. The highest BCUT2D eigenvalue weighted by molar-refractivity contribution is 5.85. The lowest BCUT2D eigenvalue weighted by atomic mass is 9.87. The Morgan fingerprint density at radius 2 is 1.89 bits per heavy atom. The molecule has 3 heteroatoms. The van der Waals surface area contributed by atoms with Gasteiger partial charge in [-0.3, -0.25) is 0 Å². The van der Waals surface area contributed by atoms with Crippen molar-refractivity contribution in [3.8, 4) is 5.75 Å². The summed E-state index contributed by atoms with van der Waals surface area (Å²) in [6.07, 6.45) is 2.76. The van der Waals surface area contributed by atoms with Gasteiger partial charge in [0.15, 0.2) is 0 Å². The molecule has 1 aromatic rings. The average molecular weight is 270 g/mol. The van der Waals surface area contributed by atoms with Crippen LogP contribution in [0.2, 0.25) is 0 Å². The fourth-order valence-corrected chi connectivity index (χ4v) is 2.58. The van der Waals surface area contributed by atoms with Crippen LogP contribution in [0.1, 0.15) is 43.7 Å². The summed E-state index contributed by atoms with van der Waals surface area (Å²) in [4.78, 5) is 0. The first-order valence-corrected chi connectivity index (χ1v) is 6.64. The molecule has 2 rings (SSSR count). The molecule has 0 bridgehead atoms. The molecule has 0 amide bonds. The number of benzene rings is 1. The predicted octanol–water partition coefficient (Wildman–Crippen LogP) is 3.67. The Kier molecular flexibility index (Phi) is 5.97. The zero-order valence-electron chi connectivity index (χ0n) is 11.5. The van der Waals surface area contributed by atoms with Gasteiger partial charge in [-0.1, -0.05) is 6.07 Å². The number of piperidine rings is 1. The first-order valence-electron chi connectivity index (χ1n) is 6.64. The first-order chi connectivity index (χ1) is 8.16. The number of hydrogen-bond donors (Lipinski definition) is 1. The highest BCUT2D eigenvalue weighted by Crippen LogP contribution is 2.30. The minimum Gasteiger partial charge on any atom is -0.491 e. The fraction of sp³-hybridized carbons (Fsp3) is 0.600. The number of nitrogens with one attached hydrogen (secondary N) is 1. The molecule has 102 valence electrons. The Balaban J connectivity index is 0.00000162. The van der Waals surface area contributed by atoms with Gasteiger partial charge in [-0.25, -0.2) is 0 Å². The second kappa shape index (κ2) is 7.01. The Morgan fingerprint density at radius 3 is 2.44 bits per heavy atom. The number of ether oxygens (including phenoxy) is 1. The smallest absolute Gasteiger partial charge is 0.119 e. The second-order valence-corrected chi connectivity index (χ2v) is 5.21. The molecule has 1 aliphatic rings. The van der Waals surface area contributed by atoms with Crippen LogP contribution in [0.15, 0.2) is 18.2 Å². The van der Waals surface area contributed by atoms with Crippen LogP contribution in [0, 0.1) is 6.92 Å². The fourth-order valence-electron chi connectivity index (χ4n) is 2.58.